The summed E-state index contributed by atoms with van der Waals surface area (Å²) in [6.45, 7) is 6.28. The first-order valence-electron chi connectivity index (χ1n) is 5.44. The van der Waals surface area contributed by atoms with Crippen LogP contribution < -0.4 is 0 Å². The van der Waals surface area contributed by atoms with Crippen molar-refractivity contribution in [3.8, 4) is 0 Å². The van der Waals surface area contributed by atoms with Gasteiger partial charge in [-0.2, -0.15) is 0 Å². The molecule has 1 aromatic rings. The largest absolute Gasteiger partial charge is 0.396 e. The summed E-state index contributed by atoms with van der Waals surface area (Å²) in [5.41, 5.74) is 0.762. The standard InChI is InChI=1S/C13H18ClFO/c1-9(2)13(3,8-16)7-10-4-5-12(15)11(14)6-10/h4-6,9,16H,7-8H2,1-3H3. The molecule has 0 aliphatic carbocycles. The molecule has 0 saturated carbocycles. The molecule has 1 rings (SSSR count). The molecule has 0 saturated heterocycles. The lowest BCUT2D eigenvalue weighted by Crippen LogP contribution is -2.30. The van der Waals surface area contributed by atoms with Crippen molar-refractivity contribution in [3.63, 3.8) is 0 Å². The van der Waals surface area contributed by atoms with Gasteiger partial charge in [0.25, 0.3) is 0 Å². The number of hydrogen-bond acceptors (Lipinski definition) is 1. The van der Waals surface area contributed by atoms with Gasteiger partial charge in [-0.1, -0.05) is 38.4 Å². The highest BCUT2D eigenvalue weighted by molar-refractivity contribution is 6.30. The highest BCUT2D eigenvalue weighted by Crippen LogP contribution is 2.31. The van der Waals surface area contributed by atoms with E-state index in [1.165, 1.54) is 6.07 Å². The Balaban J connectivity index is 2.90. The van der Waals surface area contributed by atoms with Gasteiger partial charge in [0, 0.05) is 6.61 Å². The maximum Gasteiger partial charge on any atom is 0.141 e. The molecular formula is C13H18ClFO. The van der Waals surface area contributed by atoms with Crippen LogP contribution in [-0.4, -0.2) is 11.7 Å². The number of hydrogen-bond donors (Lipinski definition) is 1. The first-order chi connectivity index (χ1) is 7.39. The van der Waals surface area contributed by atoms with Crippen LogP contribution in [0.3, 0.4) is 0 Å². The van der Waals surface area contributed by atoms with Gasteiger partial charge in [-0.05, 0) is 35.4 Å². The van der Waals surface area contributed by atoms with Crippen LogP contribution in [-0.2, 0) is 6.42 Å². The summed E-state index contributed by atoms with van der Waals surface area (Å²) in [7, 11) is 0. The van der Waals surface area contributed by atoms with Gasteiger partial charge in [0.15, 0.2) is 0 Å². The molecule has 0 aliphatic rings. The van der Waals surface area contributed by atoms with Gasteiger partial charge in [0.05, 0.1) is 5.02 Å². The SMILES string of the molecule is CC(C)C(C)(CO)Cc1ccc(F)c(Cl)c1. The summed E-state index contributed by atoms with van der Waals surface area (Å²) in [5.74, 6) is -0.0537. The molecule has 1 N–H and O–H groups in total. The second kappa shape index (κ2) is 5.15. The smallest absolute Gasteiger partial charge is 0.141 e. The molecule has 16 heavy (non-hydrogen) atoms. The summed E-state index contributed by atoms with van der Waals surface area (Å²) in [6.07, 6.45) is 0.696. The summed E-state index contributed by atoms with van der Waals surface area (Å²) in [6, 6.07) is 4.72. The van der Waals surface area contributed by atoms with Crippen molar-refractivity contribution in [1.29, 1.82) is 0 Å². The molecule has 1 nitrogen and oxygen atoms in total. The Morgan fingerprint density at radius 1 is 1.44 bits per heavy atom. The van der Waals surface area contributed by atoms with Crippen LogP contribution in [0.15, 0.2) is 18.2 Å². The lowest BCUT2D eigenvalue weighted by molar-refractivity contribution is 0.0947. The van der Waals surface area contributed by atoms with Gasteiger partial charge in [0.2, 0.25) is 0 Å². The average Bonchev–Trinajstić information content (AvgIpc) is 2.23. The van der Waals surface area contributed by atoms with Gasteiger partial charge in [0.1, 0.15) is 5.82 Å². The van der Waals surface area contributed by atoms with E-state index in [1.54, 1.807) is 12.1 Å². The lowest BCUT2D eigenvalue weighted by atomic mass is 9.75. The second-order valence-electron chi connectivity index (χ2n) is 4.89. The van der Waals surface area contributed by atoms with Crippen LogP contribution in [0.2, 0.25) is 5.02 Å². The Labute approximate surface area is 101 Å². The van der Waals surface area contributed by atoms with E-state index in [9.17, 15) is 9.50 Å². The minimum Gasteiger partial charge on any atom is -0.396 e. The van der Waals surface area contributed by atoms with E-state index >= 15 is 0 Å². The summed E-state index contributed by atoms with van der Waals surface area (Å²) >= 11 is 5.73. The fourth-order valence-corrected chi connectivity index (χ4v) is 1.76. The molecule has 0 heterocycles. The monoisotopic (exact) mass is 244 g/mol. The molecule has 1 aromatic carbocycles. The maximum atomic E-state index is 13.0. The average molecular weight is 245 g/mol. The summed E-state index contributed by atoms with van der Waals surface area (Å²) in [5, 5.41) is 9.57. The van der Waals surface area contributed by atoms with Crippen LogP contribution in [0.25, 0.3) is 0 Å². The first kappa shape index (κ1) is 13.5. The normalized spacial score (nSPS) is 15.2. The highest BCUT2D eigenvalue weighted by Gasteiger charge is 2.27. The predicted octanol–water partition coefficient (Wildman–Crippen LogP) is 3.68. The Bertz CT molecular complexity index is 365. The number of rotatable bonds is 4. The molecule has 1 unspecified atom stereocenters. The van der Waals surface area contributed by atoms with Crippen LogP contribution in [0.4, 0.5) is 4.39 Å². The molecule has 0 aromatic heterocycles. The molecule has 0 bridgehead atoms. The zero-order valence-corrected chi connectivity index (χ0v) is 10.7. The van der Waals surface area contributed by atoms with E-state index in [0.717, 1.165) is 5.56 Å². The van der Waals surface area contributed by atoms with Crippen molar-refractivity contribution >= 4 is 11.6 Å². The third-order valence-corrected chi connectivity index (χ3v) is 3.64. The third-order valence-electron chi connectivity index (χ3n) is 3.35. The molecule has 0 radical (unpaired) electrons. The number of aliphatic hydroxyl groups excluding tert-OH is 1. The lowest BCUT2D eigenvalue weighted by Gasteiger charge is -2.31. The van der Waals surface area contributed by atoms with E-state index < -0.39 is 5.82 Å². The van der Waals surface area contributed by atoms with E-state index in [-0.39, 0.29) is 17.0 Å². The number of aliphatic hydroxyl groups is 1. The van der Waals surface area contributed by atoms with Crippen molar-refractivity contribution < 1.29 is 9.50 Å². The Morgan fingerprint density at radius 2 is 2.06 bits per heavy atom. The molecule has 90 valence electrons. The van der Waals surface area contributed by atoms with Gasteiger partial charge in [-0.3, -0.25) is 0 Å². The van der Waals surface area contributed by atoms with Gasteiger partial charge >= 0.3 is 0 Å². The van der Waals surface area contributed by atoms with Crippen molar-refractivity contribution in [2.24, 2.45) is 11.3 Å². The van der Waals surface area contributed by atoms with Crippen LogP contribution >= 0.6 is 11.6 Å². The first-order valence-corrected chi connectivity index (χ1v) is 5.81. The summed E-state index contributed by atoms with van der Waals surface area (Å²) in [4.78, 5) is 0. The fourth-order valence-electron chi connectivity index (χ4n) is 1.56. The third kappa shape index (κ3) is 2.96. The molecule has 3 heteroatoms. The predicted molar refractivity (Wildman–Crippen MR) is 65.1 cm³/mol. The van der Waals surface area contributed by atoms with Crippen molar-refractivity contribution in [2.45, 2.75) is 27.2 Å². The quantitative estimate of drug-likeness (QED) is 0.857. The number of halogens is 2. The minimum absolute atomic E-state index is 0.111. The Morgan fingerprint density at radius 3 is 2.50 bits per heavy atom. The molecular weight excluding hydrogens is 227 g/mol. The summed E-state index contributed by atoms with van der Waals surface area (Å²) < 4.78 is 13.0. The zero-order chi connectivity index (χ0) is 12.3. The second-order valence-corrected chi connectivity index (χ2v) is 5.30. The van der Waals surface area contributed by atoms with Gasteiger partial charge in [-0.15, -0.1) is 0 Å². The molecule has 0 fully saturated rings. The highest BCUT2D eigenvalue weighted by atomic mass is 35.5. The van der Waals surface area contributed by atoms with Crippen molar-refractivity contribution in [1.82, 2.24) is 0 Å². The Kier molecular flexibility index (Phi) is 4.34. The van der Waals surface area contributed by atoms with E-state index in [0.29, 0.717) is 12.3 Å². The molecule has 0 aliphatic heterocycles. The van der Waals surface area contributed by atoms with E-state index in [4.69, 9.17) is 11.6 Å². The minimum atomic E-state index is -0.402. The van der Waals surface area contributed by atoms with Crippen molar-refractivity contribution in [3.05, 3.63) is 34.6 Å². The van der Waals surface area contributed by atoms with Crippen LogP contribution in [0.5, 0.6) is 0 Å². The van der Waals surface area contributed by atoms with Gasteiger partial charge < -0.3 is 5.11 Å². The molecule has 0 amide bonds. The maximum absolute atomic E-state index is 13.0. The van der Waals surface area contributed by atoms with E-state index in [2.05, 4.69) is 13.8 Å². The topological polar surface area (TPSA) is 20.2 Å². The van der Waals surface area contributed by atoms with Gasteiger partial charge in [-0.25, -0.2) is 4.39 Å². The fraction of sp³-hybridized carbons (Fsp3) is 0.538. The Hall–Kier alpha value is -0.600. The number of benzene rings is 1. The molecule has 1 atom stereocenters. The van der Waals surface area contributed by atoms with Crippen molar-refractivity contribution in [2.75, 3.05) is 6.61 Å². The van der Waals surface area contributed by atoms with Crippen LogP contribution in [0.1, 0.15) is 26.3 Å². The van der Waals surface area contributed by atoms with E-state index in [1.807, 2.05) is 6.92 Å². The molecule has 0 spiro atoms. The zero-order valence-electron chi connectivity index (χ0n) is 9.93. The van der Waals surface area contributed by atoms with Crippen LogP contribution in [0, 0.1) is 17.2 Å².